The van der Waals surface area contributed by atoms with Crippen molar-refractivity contribution in [3.8, 4) is 10.4 Å². The number of aryl methyl sites for hydroxylation is 1. The number of piperazine rings is 1. The first-order valence-electron chi connectivity index (χ1n) is 6.50. The molecule has 1 amide bonds. The Morgan fingerprint density at radius 2 is 2.15 bits per heavy atom. The van der Waals surface area contributed by atoms with E-state index >= 15 is 0 Å². The van der Waals surface area contributed by atoms with Gasteiger partial charge < -0.3 is 10.2 Å². The molecule has 0 atom stereocenters. The topological polar surface area (TPSA) is 71.0 Å². The normalized spacial score (nSPS) is 15.3. The van der Waals surface area contributed by atoms with Gasteiger partial charge in [-0.15, -0.1) is 11.3 Å². The zero-order valence-corrected chi connectivity index (χ0v) is 12.0. The average molecular weight is 289 g/mol. The van der Waals surface area contributed by atoms with E-state index in [9.17, 15) is 4.79 Å². The Balaban J connectivity index is 1.87. The van der Waals surface area contributed by atoms with Crippen LogP contribution in [0.15, 0.2) is 18.5 Å². The lowest BCUT2D eigenvalue weighted by Gasteiger charge is -2.26. The van der Waals surface area contributed by atoms with Gasteiger partial charge in [-0.3, -0.25) is 4.79 Å². The summed E-state index contributed by atoms with van der Waals surface area (Å²) in [6.45, 7) is 5.09. The fourth-order valence-corrected chi connectivity index (χ4v) is 3.21. The molecule has 3 heterocycles. The van der Waals surface area contributed by atoms with Gasteiger partial charge in [0.05, 0.1) is 23.0 Å². The maximum absolute atomic E-state index is 12.4. The summed E-state index contributed by atoms with van der Waals surface area (Å²) in [4.78, 5) is 19.7. The molecule has 2 aromatic heterocycles. The van der Waals surface area contributed by atoms with Crippen molar-refractivity contribution in [2.75, 3.05) is 26.2 Å². The van der Waals surface area contributed by atoms with Crippen LogP contribution >= 0.6 is 11.3 Å². The zero-order valence-electron chi connectivity index (χ0n) is 11.2. The molecule has 7 heteroatoms. The minimum atomic E-state index is 0.0212. The van der Waals surface area contributed by atoms with E-state index in [1.54, 1.807) is 12.4 Å². The van der Waals surface area contributed by atoms with Crippen molar-refractivity contribution in [1.29, 1.82) is 0 Å². The van der Waals surface area contributed by atoms with Crippen molar-refractivity contribution in [2.45, 2.75) is 6.92 Å². The fraction of sp³-hybridized carbons (Fsp3) is 0.385. The molecule has 0 spiro atoms. The van der Waals surface area contributed by atoms with E-state index in [1.807, 2.05) is 17.9 Å². The summed E-state index contributed by atoms with van der Waals surface area (Å²) < 4.78 is 0. The van der Waals surface area contributed by atoms with Crippen molar-refractivity contribution in [3.05, 3.63) is 29.2 Å². The standard InChI is InChI=1S/C13H15N5OS/c1-9-11(10-2-3-15-16-8-10)20-12(17-9)13(19)18-6-4-14-5-7-18/h2-3,8,14H,4-7H2,1H3. The molecule has 104 valence electrons. The van der Waals surface area contributed by atoms with Gasteiger partial charge in [0.1, 0.15) is 0 Å². The van der Waals surface area contributed by atoms with Crippen LogP contribution in [-0.2, 0) is 0 Å². The Morgan fingerprint density at radius 3 is 2.85 bits per heavy atom. The van der Waals surface area contributed by atoms with Crippen molar-refractivity contribution < 1.29 is 4.79 Å². The Bertz CT molecular complexity index is 606. The van der Waals surface area contributed by atoms with Crippen LogP contribution in [0.1, 0.15) is 15.5 Å². The third kappa shape index (κ3) is 2.54. The zero-order chi connectivity index (χ0) is 13.9. The molecule has 1 saturated heterocycles. The summed E-state index contributed by atoms with van der Waals surface area (Å²) in [5.74, 6) is 0.0212. The SMILES string of the molecule is Cc1nc(C(=O)N2CCNCC2)sc1-c1ccnnc1. The smallest absolute Gasteiger partial charge is 0.282 e. The van der Waals surface area contributed by atoms with Gasteiger partial charge in [-0.25, -0.2) is 4.98 Å². The number of thiazole rings is 1. The Morgan fingerprint density at radius 1 is 1.35 bits per heavy atom. The van der Waals surface area contributed by atoms with Gasteiger partial charge in [-0.05, 0) is 13.0 Å². The van der Waals surface area contributed by atoms with Gasteiger partial charge in [-0.2, -0.15) is 10.2 Å². The van der Waals surface area contributed by atoms with Crippen molar-refractivity contribution in [2.24, 2.45) is 0 Å². The quantitative estimate of drug-likeness (QED) is 0.891. The summed E-state index contributed by atoms with van der Waals surface area (Å²) in [5, 5.41) is 11.4. The number of rotatable bonds is 2. The van der Waals surface area contributed by atoms with Crippen LogP contribution in [0.5, 0.6) is 0 Å². The Kier molecular flexibility index (Phi) is 3.70. The third-order valence-corrected chi connectivity index (χ3v) is 4.42. The molecule has 2 aromatic rings. The number of aromatic nitrogens is 3. The van der Waals surface area contributed by atoms with Gasteiger partial charge in [0.15, 0.2) is 5.01 Å². The second-order valence-electron chi connectivity index (χ2n) is 4.61. The highest BCUT2D eigenvalue weighted by Crippen LogP contribution is 2.29. The molecule has 0 bridgehead atoms. The maximum atomic E-state index is 12.4. The molecule has 1 aliphatic heterocycles. The van der Waals surface area contributed by atoms with Crippen LogP contribution in [0.3, 0.4) is 0 Å². The van der Waals surface area contributed by atoms with E-state index in [1.165, 1.54) is 11.3 Å². The predicted octanol–water partition coefficient (Wildman–Crippen LogP) is 0.954. The minimum absolute atomic E-state index is 0.0212. The third-order valence-electron chi connectivity index (χ3n) is 3.23. The molecule has 0 unspecified atom stereocenters. The monoisotopic (exact) mass is 289 g/mol. The molecule has 0 saturated carbocycles. The van der Waals surface area contributed by atoms with Gasteiger partial charge >= 0.3 is 0 Å². The lowest BCUT2D eigenvalue weighted by molar-refractivity contribution is 0.0735. The lowest BCUT2D eigenvalue weighted by atomic mass is 10.2. The first-order valence-corrected chi connectivity index (χ1v) is 7.32. The molecule has 1 N–H and O–H groups in total. The highest BCUT2D eigenvalue weighted by atomic mass is 32.1. The number of nitrogens with one attached hydrogen (secondary N) is 1. The van der Waals surface area contributed by atoms with Crippen molar-refractivity contribution in [1.82, 2.24) is 25.4 Å². The molecule has 0 radical (unpaired) electrons. The van der Waals surface area contributed by atoms with E-state index in [4.69, 9.17) is 0 Å². The summed E-state index contributed by atoms with van der Waals surface area (Å²) in [7, 11) is 0. The molecular formula is C13H15N5OS. The molecule has 1 aliphatic rings. The fourth-order valence-electron chi connectivity index (χ4n) is 2.18. The van der Waals surface area contributed by atoms with Gasteiger partial charge in [0, 0.05) is 31.7 Å². The van der Waals surface area contributed by atoms with Crippen LogP contribution < -0.4 is 5.32 Å². The molecule has 6 nitrogen and oxygen atoms in total. The molecule has 0 aromatic carbocycles. The molecule has 0 aliphatic carbocycles. The number of hydrogen-bond donors (Lipinski definition) is 1. The lowest BCUT2D eigenvalue weighted by Crippen LogP contribution is -2.46. The van der Waals surface area contributed by atoms with E-state index < -0.39 is 0 Å². The van der Waals surface area contributed by atoms with E-state index in [2.05, 4.69) is 20.5 Å². The Labute approximate surface area is 120 Å². The number of carbonyl (C=O) groups is 1. The second-order valence-corrected chi connectivity index (χ2v) is 5.61. The van der Waals surface area contributed by atoms with E-state index in [-0.39, 0.29) is 5.91 Å². The average Bonchev–Trinajstić information content (AvgIpc) is 2.90. The molecular weight excluding hydrogens is 274 g/mol. The summed E-state index contributed by atoms with van der Waals surface area (Å²) in [6.07, 6.45) is 3.34. The van der Waals surface area contributed by atoms with Crippen LogP contribution in [0.25, 0.3) is 10.4 Å². The highest BCUT2D eigenvalue weighted by molar-refractivity contribution is 7.17. The first-order chi connectivity index (χ1) is 9.75. The van der Waals surface area contributed by atoms with Crippen molar-refractivity contribution >= 4 is 17.2 Å². The molecule has 20 heavy (non-hydrogen) atoms. The molecule has 1 fully saturated rings. The van der Waals surface area contributed by atoms with E-state index in [0.29, 0.717) is 5.01 Å². The van der Waals surface area contributed by atoms with Crippen LogP contribution in [0, 0.1) is 6.92 Å². The Hall–Kier alpha value is -1.86. The largest absolute Gasteiger partial charge is 0.334 e. The van der Waals surface area contributed by atoms with Gasteiger partial charge in [0.2, 0.25) is 0 Å². The van der Waals surface area contributed by atoms with Gasteiger partial charge in [-0.1, -0.05) is 0 Å². The minimum Gasteiger partial charge on any atom is -0.334 e. The molecule has 3 rings (SSSR count). The second kappa shape index (κ2) is 5.64. The van der Waals surface area contributed by atoms with Crippen LogP contribution in [0.4, 0.5) is 0 Å². The number of nitrogens with zero attached hydrogens (tertiary/aromatic N) is 4. The van der Waals surface area contributed by atoms with Crippen molar-refractivity contribution in [3.63, 3.8) is 0 Å². The van der Waals surface area contributed by atoms with Gasteiger partial charge in [0.25, 0.3) is 5.91 Å². The number of carbonyl (C=O) groups excluding carboxylic acids is 1. The highest BCUT2D eigenvalue weighted by Gasteiger charge is 2.22. The maximum Gasteiger partial charge on any atom is 0.282 e. The summed E-state index contributed by atoms with van der Waals surface area (Å²) in [6, 6.07) is 1.88. The summed E-state index contributed by atoms with van der Waals surface area (Å²) >= 11 is 1.42. The van der Waals surface area contributed by atoms with E-state index in [0.717, 1.165) is 42.3 Å². The number of amides is 1. The van der Waals surface area contributed by atoms with Crippen LogP contribution in [0.2, 0.25) is 0 Å². The summed E-state index contributed by atoms with van der Waals surface area (Å²) in [5.41, 5.74) is 1.82. The predicted molar refractivity (Wildman–Crippen MR) is 76.7 cm³/mol. The number of hydrogen-bond acceptors (Lipinski definition) is 6. The van der Waals surface area contributed by atoms with Crippen LogP contribution in [-0.4, -0.2) is 52.2 Å². The first kappa shape index (κ1) is 13.1.